The molecule has 3 rings (SSSR count). The van der Waals surface area contributed by atoms with Crippen molar-refractivity contribution in [3.8, 4) is 17.2 Å². The molecule has 0 fully saturated rings. The van der Waals surface area contributed by atoms with Crippen LogP contribution in [-0.2, 0) is 5.41 Å². The minimum atomic E-state index is 0.103. The third kappa shape index (κ3) is 3.39. The van der Waals surface area contributed by atoms with E-state index in [4.69, 9.17) is 9.15 Å². The molecule has 0 bridgehead atoms. The van der Waals surface area contributed by atoms with Crippen molar-refractivity contribution < 1.29 is 9.15 Å². The first-order valence-electron chi connectivity index (χ1n) is 8.11. The highest BCUT2D eigenvalue weighted by molar-refractivity contribution is 5.77. The van der Waals surface area contributed by atoms with Crippen LogP contribution in [0.15, 0.2) is 46.9 Å². The van der Waals surface area contributed by atoms with Gasteiger partial charge in [0.15, 0.2) is 5.58 Å². The molecule has 0 radical (unpaired) electrons. The summed E-state index contributed by atoms with van der Waals surface area (Å²) in [5.41, 5.74) is 4.04. The zero-order valence-electron chi connectivity index (χ0n) is 14.2. The number of hydrogen-bond donors (Lipinski definition) is 0. The Kier molecular flexibility index (Phi) is 4.12. The van der Waals surface area contributed by atoms with Gasteiger partial charge in [-0.25, -0.2) is 4.98 Å². The molecule has 2 aromatic carbocycles. The Morgan fingerprint density at radius 2 is 1.78 bits per heavy atom. The first kappa shape index (κ1) is 15.6. The Morgan fingerprint density at radius 1 is 1.04 bits per heavy atom. The van der Waals surface area contributed by atoms with Crippen LogP contribution in [0.5, 0.6) is 5.75 Å². The number of hydrogen-bond acceptors (Lipinski definition) is 3. The molecular formula is C20H23NO2. The van der Waals surface area contributed by atoms with E-state index in [9.17, 15) is 0 Å². The lowest BCUT2D eigenvalue weighted by Crippen LogP contribution is -2.10. The summed E-state index contributed by atoms with van der Waals surface area (Å²) in [5.74, 6) is 1.52. The van der Waals surface area contributed by atoms with E-state index in [0.29, 0.717) is 5.89 Å². The Balaban J connectivity index is 1.91. The van der Waals surface area contributed by atoms with Gasteiger partial charge in [0.1, 0.15) is 11.3 Å². The van der Waals surface area contributed by atoms with Crippen LogP contribution in [0, 0.1) is 0 Å². The predicted molar refractivity (Wildman–Crippen MR) is 93.9 cm³/mol. The van der Waals surface area contributed by atoms with Crippen molar-refractivity contribution in [3.63, 3.8) is 0 Å². The average molecular weight is 309 g/mol. The molecule has 0 aliphatic carbocycles. The summed E-state index contributed by atoms with van der Waals surface area (Å²) in [6.45, 7) is 9.43. The van der Waals surface area contributed by atoms with E-state index in [1.165, 1.54) is 5.56 Å². The molecule has 0 saturated carbocycles. The smallest absolute Gasteiger partial charge is 0.227 e. The second-order valence-electron chi connectivity index (χ2n) is 6.82. The van der Waals surface area contributed by atoms with Crippen molar-refractivity contribution in [2.24, 2.45) is 0 Å². The molecule has 1 heterocycles. The lowest BCUT2D eigenvalue weighted by molar-refractivity contribution is 0.317. The van der Waals surface area contributed by atoms with Crippen LogP contribution in [0.3, 0.4) is 0 Å². The highest BCUT2D eigenvalue weighted by atomic mass is 16.5. The maximum atomic E-state index is 5.89. The lowest BCUT2D eigenvalue weighted by Gasteiger charge is -2.18. The number of nitrogens with zero attached hydrogens (tertiary/aromatic N) is 1. The monoisotopic (exact) mass is 309 g/mol. The largest absolute Gasteiger partial charge is 0.494 e. The number of aromatic nitrogens is 1. The van der Waals surface area contributed by atoms with Gasteiger partial charge in [-0.3, -0.25) is 0 Å². The molecule has 0 amide bonds. The lowest BCUT2D eigenvalue weighted by atomic mass is 9.87. The molecule has 3 aromatic rings. The van der Waals surface area contributed by atoms with E-state index in [1.807, 2.05) is 30.3 Å². The van der Waals surface area contributed by atoms with E-state index in [1.54, 1.807) is 0 Å². The summed E-state index contributed by atoms with van der Waals surface area (Å²) >= 11 is 0. The Labute approximate surface area is 137 Å². The standard InChI is InChI=1S/C20H23NO2/c1-5-12-22-16-9-6-14(7-10-16)19-21-17-13-15(20(2,3)4)8-11-18(17)23-19/h6-11,13H,5,12H2,1-4H3. The van der Waals surface area contributed by atoms with Gasteiger partial charge in [0.25, 0.3) is 0 Å². The summed E-state index contributed by atoms with van der Waals surface area (Å²) in [4.78, 5) is 4.64. The van der Waals surface area contributed by atoms with E-state index >= 15 is 0 Å². The van der Waals surface area contributed by atoms with Gasteiger partial charge in [-0.1, -0.05) is 33.8 Å². The maximum Gasteiger partial charge on any atom is 0.227 e. The van der Waals surface area contributed by atoms with Crippen molar-refractivity contribution in [1.82, 2.24) is 4.98 Å². The van der Waals surface area contributed by atoms with E-state index in [2.05, 4.69) is 44.8 Å². The molecular weight excluding hydrogens is 286 g/mol. The summed E-state index contributed by atoms with van der Waals surface area (Å²) in [6.07, 6.45) is 1.00. The van der Waals surface area contributed by atoms with Gasteiger partial charge in [0.05, 0.1) is 6.61 Å². The molecule has 120 valence electrons. The van der Waals surface area contributed by atoms with Gasteiger partial charge >= 0.3 is 0 Å². The van der Waals surface area contributed by atoms with Crippen molar-refractivity contribution in [1.29, 1.82) is 0 Å². The highest BCUT2D eigenvalue weighted by Gasteiger charge is 2.16. The molecule has 0 N–H and O–H groups in total. The number of fused-ring (bicyclic) bond motifs is 1. The third-order valence-electron chi connectivity index (χ3n) is 3.83. The molecule has 0 unspecified atom stereocenters. The van der Waals surface area contributed by atoms with Gasteiger partial charge < -0.3 is 9.15 Å². The van der Waals surface area contributed by atoms with Gasteiger partial charge in [-0.05, 0) is 53.8 Å². The summed E-state index contributed by atoms with van der Waals surface area (Å²) in [7, 11) is 0. The minimum Gasteiger partial charge on any atom is -0.494 e. The van der Waals surface area contributed by atoms with E-state index < -0.39 is 0 Å². The van der Waals surface area contributed by atoms with E-state index in [0.717, 1.165) is 35.4 Å². The van der Waals surface area contributed by atoms with Crippen LogP contribution in [0.25, 0.3) is 22.6 Å². The SMILES string of the molecule is CCCOc1ccc(-c2nc3cc(C(C)(C)C)ccc3o2)cc1. The molecule has 3 heteroatoms. The van der Waals surface area contributed by atoms with Gasteiger partial charge in [0.2, 0.25) is 5.89 Å². The molecule has 0 atom stereocenters. The topological polar surface area (TPSA) is 35.3 Å². The third-order valence-corrected chi connectivity index (χ3v) is 3.83. The highest BCUT2D eigenvalue weighted by Crippen LogP contribution is 2.29. The minimum absolute atomic E-state index is 0.103. The van der Waals surface area contributed by atoms with Crippen LogP contribution < -0.4 is 4.74 Å². The van der Waals surface area contributed by atoms with Crippen LogP contribution >= 0.6 is 0 Å². The first-order chi connectivity index (χ1) is 11.0. The molecule has 0 aliphatic rings. The van der Waals surface area contributed by atoms with Crippen molar-refractivity contribution in [2.75, 3.05) is 6.61 Å². The fourth-order valence-electron chi connectivity index (χ4n) is 2.43. The fraction of sp³-hybridized carbons (Fsp3) is 0.350. The van der Waals surface area contributed by atoms with Gasteiger partial charge in [0, 0.05) is 5.56 Å². The van der Waals surface area contributed by atoms with Gasteiger partial charge in [-0.15, -0.1) is 0 Å². The number of benzene rings is 2. The zero-order valence-corrected chi connectivity index (χ0v) is 14.2. The first-order valence-corrected chi connectivity index (χ1v) is 8.11. The molecule has 23 heavy (non-hydrogen) atoms. The van der Waals surface area contributed by atoms with Crippen molar-refractivity contribution in [2.45, 2.75) is 39.5 Å². The fourth-order valence-corrected chi connectivity index (χ4v) is 2.43. The summed E-state index contributed by atoms with van der Waals surface area (Å²) in [5, 5.41) is 0. The Bertz CT molecular complexity index is 795. The van der Waals surface area contributed by atoms with E-state index in [-0.39, 0.29) is 5.41 Å². The Morgan fingerprint density at radius 3 is 2.43 bits per heavy atom. The zero-order chi connectivity index (χ0) is 16.4. The van der Waals surface area contributed by atoms with Crippen LogP contribution in [0.2, 0.25) is 0 Å². The second kappa shape index (κ2) is 6.07. The number of oxazole rings is 1. The predicted octanol–water partition coefficient (Wildman–Crippen LogP) is 5.58. The number of ether oxygens (including phenoxy) is 1. The molecule has 0 saturated heterocycles. The normalized spacial score (nSPS) is 11.8. The van der Waals surface area contributed by atoms with Crippen LogP contribution in [0.1, 0.15) is 39.7 Å². The van der Waals surface area contributed by atoms with Gasteiger partial charge in [-0.2, -0.15) is 0 Å². The summed E-state index contributed by atoms with van der Waals surface area (Å²) in [6, 6.07) is 14.1. The van der Waals surface area contributed by atoms with Crippen molar-refractivity contribution in [3.05, 3.63) is 48.0 Å². The quantitative estimate of drug-likeness (QED) is 0.631. The molecule has 0 aliphatic heterocycles. The van der Waals surface area contributed by atoms with Crippen LogP contribution in [0.4, 0.5) is 0 Å². The maximum absolute atomic E-state index is 5.89. The van der Waals surface area contributed by atoms with Crippen molar-refractivity contribution >= 4 is 11.1 Å². The summed E-state index contributed by atoms with van der Waals surface area (Å²) < 4.78 is 11.5. The second-order valence-corrected chi connectivity index (χ2v) is 6.82. The molecule has 3 nitrogen and oxygen atoms in total. The molecule has 1 aromatic heterocycles. The van der Waals surface area contributed by atoms with Crippen LogP contribution in [-0.4, -0.2) is 11.6 Å². The number of rotatable bonds is 4. The average Bonchev–Trinajstić information content (AvgIpc) is 2.95. The molecule has 0 spiro atoms. The Hall–Kier alpha value is -2.29.